The number of amides is 5. The summed E-state index contributed by atoms with van der Waals surface area (Å²) in [7, 11) is -1.97. The monoisotopic (exact) mass is 550 g/mol. The van der Waals surface area contributed by atoms with E-state index in [0.29, 0.717) is 5.56 Å². The molecule has 0 saturated carbocycles. The lowest BCUT2D eigenvalue weighted by Gasteiger charge is -2.27. The van der Waals surface area contributed by atoms with Crippen LogP contribution in [-0.4, -0.2) is 88.5 Å². The van der Waals surface area contributed by atoms with Gasteiger partial charge in [-0.15, -0.1) is 0 Å². The predicted octanol–water partition coefficient (Wildman–Crippen LogP) is -3.56. The third-order valence-corrected chi connectivity index (χ3v) is 5.84. The van der Waals surface area contributed by atoms with Crippen molar-refractivity contribution in [1.29, 1.82) is 0 Å². The molecule has 216 valence electrons. The molecule has 0 saturated heterocycles. The number of benzene rings is 1. The van der Waals surface area contributed by atoms with Gasteiger partial charge in [-0.1, -0.05) is 44.2 Å². The van der Waals surface area contributed by atoms with Crippen LogP contribution in [-0.2, 0) is 30.4 Å². The van der Waals surface area contributed by atoms with Gasteiger partial charge in [-0.3, -0.25) is 24.0 Å². The molecule has 0 unspecified atom stereocenters. The topological polar surface area (TPSA) is 246 Å². The molecule has 0 aliphatic heterocycles. The maximum Gasteiger partial charge on any atom is 0.475 e. The second kappa shape index (κ2) is 16.4. The van der Waals surface area contributed by atoms with Crippen LogP contribution in [0.5, 0.6) is 0 Å². The second-order valence-electron chi connectivity index (χ2n) is 9.53. The minimum Gasteiger partial charge on any atom is -0.426 e. The van der Waals surface area contributed by atoms with Gasteiger partial charge in [0, 0.05) is 12.8 Å². The number of hydrogen-bond donors (Lipinski definition) is 9. The van der Waals surface area contributed by atoms with Crippen molar-refractivity contribution in [2.75, 3.05) is 6.61 Å². The normalized spacial score (nSPS) is 14.8. The van der Waals surface area contributed by atoms with E-state index in [0.717, 1.165) is 0 Å². The number of nitrogens with two attached hydrogens (primary N) is 2. The SMILES string of the molecule is CC(C)[C@H](NC(=O)[C@@H](N)CO)C(=O)N[C@@H](Cc1ccccc1)C(=O)N[C@@H](C)C(=O)N[C@@H](CCC(N)=O)B(O)O. The molecule has 1 rings (SSSR count). The van der Waals surface area contributed by atoms with Crippen molar-refractivity contribution < 1.29 is 39.1 Å². The Morgan fingerprint density at radius 1 is 0.872 bits per heavy atom. The number of carbonyl (C=O) groups is 5. The summed E-state index contributed by atoms with van der Waals surface area (Å²) < 4.78 is 0. The molecule has 11 N–H and O–H groups in total. The fourth-order valence-corrected chi connectivity index (χ4v) is 3.48. The third kappa shape index (κ3) is 11.8. The molecule has 15 heteroatoms. The van der Waals surface area contributed by atoms with Crippen LogP contribution in [0, 0.1) is 5.92 Å². The van der Waals surface area contributed by atoms with Crippen molar-refractivity contribution in [3.05, 3.63) is 35.9 Å². The van der Waals surface area contributed by atoms with Gasteiger partial charge in [0.05, 0.1) is 12.5 Å². The van der Waals surface area contributed by atoms with E-state index < -0.39 is 79.3 Å². The molecule has 0 aromatic heterocycles. The van der Waals surface area contributed by atoms with Crippen molar-refractivity contribution in [3.63, 3.8) is 0 Å². The maximum absolute atomic E-state index is 13.2. The fraction of sp³-hybridized carbons (Fsp3) is 0.542. The minimum absolute atomic E-state index is 0.0538. The Kier molecular flexibility index (Phi) is 14.1. The van der Waals surface area contributed by atoms with Crippen molar-refractivity contribution in [3.8, 4) is 0 Å². The zero-order valence-corrected chi connectivity index (χ0v) is 22.3. The number of rotatable bonds is 16. The smallest absolute Gasteiger partial charge is 0.426 e. The van der Waals surface area contributed by atoms with Crippen LogP contribution in [0.25, 0.3) is 0 Å². The molecule has 0 fully saturated rings. The first-order valence-corrected chi connectivity index (χ1v) is 12.5. The number of aliphatic hydroxyl groups excluding tert-OH is 1. The van der Waals surface area contributed by atoms with Gasteiger partial charge in [0.1, 0.15) is 24.2 Å². The van der Waals surface area contributed by atoms with Crippen molar-refractivity contribution in [1.82, 2.24) is 21.3 Å². The third-order valence-electron chi connectivity index (χ3n) is 5.84. The highest BCUT2D eigenvalue weighted by molar-refractivity contribution is 6.43. The van der Waals surface area contributed by atoms with Crippen molar-refractivity contribution >= 4 is 36.7 Å². The van der Waals surface area contributed by atoms with Crippen LogP contribution in [0.15, 0.2) is 30.3 Å². The van der Waals surface area contributed by atoms with Gasteiger partial charge in [0.25, 0.3) is 0 Å². The van der Waals surface area contributed by atoms with E-state index >= 15 is 0 Å². The molecule has 1 aromatic carbocycles. The number of hydrogen-bond acceptors (Lipinski definition) is 9. The van der Waals surface area contributed by atoms with Gasteiger partial charge in [0.2, 0.25) is 29.5 Å². The minimum atomic E-state index is -1.97. The molecule has 0 bridgehead atoms. The number of aliphatic hydroxyl groups is 1. The number of carbonyl (C=O) groups excluding carboxylic acids is 5. The first kappa shape index (κ1) is 33.5. The molecule has 0 heterocycles. The Morgan fingerprint density at radius 2 is 1.49 bits per heavy atom. The molecule has 39 heavy (non-hydrogen) atoms. The Morgan fingerprint density at radius 3 is 2.00 bits per heavy atom. The van der Waals surface area contributed by atoms with Gasteiger partial charge in [0.15, 0.2) is 0 Å². The predicted molar refractivity (Wildman–Crippen MR) is 142 cm³/mol. The zero-order chi connectivity index (χ0) is 29.7. The molecule has 5 amide bonds. The van der Waals surface area contributed by atoms with Crippen LogP contribution in [0.4, 0.5) is 0 Å². The summed E-state index contributed by atoms with van der Waals surface area (Å²) in [6.07, 6.45) is -0.280. The molecule has 0 aliphatic rings. The highest BCUT2D eigenvalue weighted by atomic mass is 16.4. The van der Waals surface area contributed by atoms with Gasteiger partial charge >= 0.3 is 7.12 Å². The summed E-state index contributed by atoms with van der Waals surface area (Å²) in [5.41, 5.74) is 11.3. The molecule has 0 spiro atoms. The van der Waals surface area contributed by atoms with E-state index in [2.05, 4.69) is 21.3 Å². The average molecular weight is 550 g/mol. The van der Waals surface area contributed by atoms with Crippen LogP contribution in [0.2, 0.25) is 0 Å². The highest BCUT2D eigenvalue weighted by Crippen LogP contribution is 2.08. The first-order valence-electron chi connectivity index (χ1n) is 12.5. The molecule has 0 radical (unpaired) electrons. The van der Waals surface area contributed by atoms with E-state index in [1.807, 2.05) is 0 Å². The van der Waals surface area contributed by atoms with E-state index in [1.165, 1.54) is 6.92 Å². The van der Waals surface area contributed by atoms with Gasteiger partial charge in [-0.2, -0.15) is 0 Å². The quantitative estimate of drug-likeness (QED) is 0.0923. The molecular formula is C24H39BN6O8. The van der Waals surface area contributed by atoms with Crippen LogP contribution in [0.3, 0.4) is 0 Å². The number of nitrogens with one attached hydrogen (secondary N) is 4. The second-order valence-corrected chi connectivity index (χ2v) is 9.53. The summed E-state index contributed by atoms with van der Waals surface area (Å²) in [6.45, 7) is 4.10. The van der Waals surface area contributed by atoms with Gasteiger partial charge < -0.3 is 47.9 Å². The van der Waals surface area contributed by atoms with Crippen molar-refractivity contribution in [2.24, 2.45) is 17.4 Å². The lowest BCUT2D eigenvalue weighted by molar-refractivity contribution is -0.134. The van der Waals surface area contributed by atoms with Crippen LogP contribution < -0.4 is 32.7 Å². The van der Waals surface area contributed by atoms with Gasteiger partial charge in [-0.25, -0.2) is 0 Å². The summed E-state index contributed by atoms with van der Waals surface area (Å²) in [4.78, 5) is 62.1. The maximum atomic E-state index is 13.2. The summed E-state index contributed by atoms with van der Waals surface area (Å²) in [5, 5.41) is 38.1. The zero-order valence-electron chi connectivity index (χ0n) is 22.3. The molecule has 14 nitrogen and oxygen atoms in total. The van der Waals surface area contributed by atoms with E-state index in [9.17, 15) is 34.0 Å². The Hall–Kier alpha value is -3.53. The van der Waals surface area contributed by atoms with E-state index in [1.54, 1.807) is 44.2 Å². The molecule has 1 aromatic rings. The first-order chi connectivity index (χ1) is 18.3. The lowest BCUT2D eigenvalue weighted by Crippen LogP contribution is -2.60. The van der Waals surface area contributed by atoms with Gasteiger partial charge in [-0.05, 0) is 24.8 Å². The Labute approximate surface area is 227 Å². The molecule has 5 atom stereocenters. The highest BCUT2D eigenvalue weighted by Gasteiger charge is 2.32. The van der Waals surface area contributed by atoms with Crippen LogP contribution in [0.1, 0.15) is 39.2 Å². The van der Waals surface area contributed by atoms with E-state index in [4.69, 9.17) is 16.6 Å². The Balaban J connectivity index is 3.03. The van der Waals surface area contributed by atoms with E-state index in [-0.39, 0.29) is 19.3 Å². The summed E-state index contributed by atoms with van der Waals surface area (Å²) in [5.74, 6) is -5.18. The fourth-order valence-electron chi connectivity index (χ4n) is 3.48. The Bertz CT molecular complexity index is 981. The van der Waals surface area contributed by atoms with Crippen LogP contribution >= 0.6 is 0 Å². The average Bonchev–Trinajstić information content (AvgIpc) is 2.88. The summed E-state index contributed by atoms with van der Waals surface area (Å²) >= 11 is 0. The number of primary amides is 1. The molecule has 0 aliphatic carbocycles. The lowest BCUT2D eigenvalue weighted by atomic mass is 9.76. The summed E-state index contributed by atoms with van der Waals surface area (Å²) in [6, 6.07) is 4.16. The van der Waals surface area contributed by atoms with Crippen molar-refractivity contribution in [2.45, 2.75) is 70.1 Å². The standard InChI is InChI=1S/C24H39BN6O8/c1-13(2)20(31-22(35)16(26)12-32)24(37)29-17(11-15-7-5-4-6-8-15)23(36)28-14(3)21(34)30-18(25(38)39)9-10-19(27)33/h4-8,13-14,16-18,20,32,38-39H,9-12,26H2,1-3H3,(H2,27,33)(H,28,36)(H,29,37)(H,30,34)(H,31,35)/t14-,16-,17-,18-,20-/m0/s1. The molecular weight excluding hydrogens is 511 g/mol. The largest absolute Gasteiger partial charge is 0.475 e.